The first kappa shape index (κ1) is 29.0. The Bertz CT molecular complexity index is 349. The smallest absolute Gasteiger partial charge is 0.303 e. The van der Waals surface area contributed by atoms with Crippen molar-refractivity contribution >= 4 is 17.9 Å². The topological polar surface area (TPSA) is 180 Å². The molecule has 0 aliphatic carbocycles. The molecule has 0 fully saturated rings. The average molecular weight is 386 g/mol. The Morgan fingerprint density at radius 3 is 1.27 bits per heavy atom. The summed E-state index contributed by atoms with van der Waals surface area (Å²) in [6.45, 7) is 4.10. The highest BCUT2D eigenvalue weighted by atomic mass is 16.6. The summed E-state index contributed by atoms with van der Waals surface area (Å²) >= 11 is 0. The van der Waals surface area contributed by atoms with E-state index in [0.29, 0.717) is 0 Å². The summed E-state index contributed by atoms with van der Waals surface area (Å²) in [5, 5.41) is 40.0. The molecule has 0 radical (unpaired) electrons. The van der Waals surface area contributed by atoms with Gasteiger partial charge >= 0.3 is 17.9 Å². The van der Waals surface area contributed by atoms with Gasteiger partial charge in [-0.3, -0.25) is 14.4 Å². The molecule has 0 heterocycles. The van der Waals surface area contributed by atoms with Gasteiger partial charge in [-0.05, 0) is 6.92 Å². The van der Waals surface area contributed by atoms with E-state index < -0.39 is 36.2 Å². The third kappa shape index (κ3) is 30.1. The second-order valence-corrected chi connectivity index (χ2v) is 4.89. The fourth-order valence-corrected chi connectivity index (χ4v) is 0.829. The lowest BCUT2D eigenvalue weighted by molar-refractivity contribution is -0.163. The Hall–Kier alpha value is -1.79. The Labute approximate surface area is 152 Å². The predicted octanol–water partition coefficient (Wildman–Crippen LogP) is -2.26. The second-order valence-electron chi connectivity index (χ2n) is 4.89. The zero-order valence-corrected chi connectivity index (χ0v) is 15.5. The third-order valence-corrected chi connectivity index (χ3v) is 1.96. The van der Waals surface area contributed by atoms with Crippen LogP contribution < -0.4 is 0 Å². The van der Waals surface area contributed by atoms with Gasteiger partial charge in [0.15, 0.2) is 6.10 Å². The molecule has 1 unspecified atom stereocenters. The van der Waals surface area contributed by atoms with Gasteiger partial charge in [0, 0.05) is 20.8 Å². The van der Waals surface area contributed by atoms with Crippen LogP contribution in [0.5, 0.6) is 0 Å². The highest BCUT2D eigenvalue weighted by Gasteiger charge is 2.15. The van der Waals surface area contributed by atoms with E-state index in [9.17, 15) is 14.4 Å². The number of carbonyl (C=O) groups is 3. The molecule has 0 aromatic carbocycles. The van der Waals surface area contributed by atoms with Gasteiger partial charge in [0.1, 0.15) is 19.3 Å². The quantitative estimate of drug-likeness (QED) is 0.224. The summed E-state index contributed by atoms with van der Waals surface area (Å²) in [4.78, 5) is 31.6. The van der Waals surface area contributed by atoms with Crippen LogP contribution in [0.15, 0.2) is 0 Å². The first-order chi connectivity index (χ1) is 12.0. The molecule has 0 bridgehead atoms. The average Bonchev–Trinajstić information content (AvgIpc) is 2.56. The molecule has 11 heteroatoms. The fourth-order valence-electron chi connectivity index (χ4n) is 0.829. The van der Waals surface area contributed by atoms with E-state index in [1.165, 1.54) is 27.7 Å². The zero-order valence-electron chi connectivity index (χ0n) is 15.5. The summed E-state index contributed by atoms with van der Waals surface area (Å²) in [6, 6.07) is 0. The van der Waals surface area contributed by atoms with E-state index in [2.05, 4.69) is 9.47 Å². The van der Waals surface area contributed by atoms with Gasteiger partial charge in [-0.15, -0.1) is 0 Å². The largest absolute Gasteiger partial charge is 0.462 e. The van der Waals surface area contributed by atoms with Crippen LogP contribution in [0.2, 0.25) is 0 Å². The number of ether oxygens (including phenoxy) is 3. The number of aliphatic hydroxyl groups excluding tert-OH is 5. The van der Waals surface area contributed by atoms with Crippen molar-refractivity contribution < 1.29 is 54.1 Å². The molecule has 156 valence electrons. The standard InChI is InChI=1S/C9H14O6.C3H8O3.C3H8O2/c1-6(10)13-4-9(15-8(3)12)5-14-7(2)11;4-1-3(6)2-5;1-3(5)2-4/h9H,4-5H2,1-3H3;3-6H,1-2H2;3-5H,2H2,1H3. The Morgan fingerprint density at radius 2 is 1.12 bits per heavy atom. The number of rotatable bonds is 8. The van der Waals surface area contributed by atoms with Crippen LogP contribution in [0, 0.1) is 0 Å². The lowest BCUT2D eigenvalue weighted by Crippen LogP contribution is -2.29. The van der Waals surface area contributed by atoms with Crippen molar-refractivity contribution in [2.75, 3.05) is 33.0 Å². The second kappa shape index (κ2) is 19.5. The van der Waals surface area contributed by atoms with Crippen molar-refractivity contribution in [3.63, 3.8) is 0 Å². The van der Waals surface area contributed by atoms with Gasteiger partial charge < -0.3 is 39.7 Å². The van der Waals surface area contributed by atoms with Crippen LogP contribution >= 0.6 is 0 Å². The molecular formula is C15H30O11. The number of hydrogen-bond donors (Lipinski definition) is 5. The summed E-state index contributed by atoms with van der Waals surface area (Å²) in [7, 11) is 0. The number of aliphatic hydroxyl groups is 5. The number of carbonyl (C=O) groups excluding carboxylic acids is 3. The van der Waals surface area contributed by atoms with Crippen LogP contribution in [0.3, 0.4) is 0 Å². The van der Waals surface area contributed by atoms with E-state index in [4.69, 9.17) is 30.3 Å². The van der Waals surface area contributed by atoms with E-state index in [1.54, 1.807) is 0 Å². The summed E-state index contributed by atoms with van der Waals surface area (Å²) in [5.74, 6) is -1.51. The van der Waals surface area contributed by atoms with Gasteiger partial charge in [-0.1, -0.05) is 0 Å². The molecule has 0 saturated carbocycles. The molecule has 0 aromatic heterocycles. The van der Waals surface area contributed by atoms with Crippen molar-refractivity contribution in [3.8, 4) is 0 Å². The lowest BCUT2D eigenvalue weighted by Gasteiger charge is -2.15. The van der Waals surface area contributed by atoms with E-state index in [1.807, 2.05) is 0 Å². The number of esters is 3. The van der Waals surface area contributed by atoms with Gasteiger partial charge in [-0.25, -0.2) is 0 Å². The zero-order chi connectivity index (χ0) is 21.1. The van der Waals surface area contributed by atoms with Crippen LogP contribution in [-0.2, 0) is 28.6 Å². The Balaban J connectivity index is -0.000000394. The van der Waals surface area contributed by atoms with Crippen molar-refractivity contribution in [1.29, 1.82) is 0 Å². The van der Waals surface area contributed by atoms with E-state index in [0.717, 1.165) is 0 Å². The van der Waals surface area contributed by atoms with Gasteiger partial charge in [0.2, 0.25) is 0 Å². The van der Waals surface area contributed by atoms with Gasteiger partial charge in [0.05, 0.1) is 25.9 Å². The minimum absolute atomic E-state index is 0.123. The highest BCUT2D eigenvalue weighted by Crippen LogP contribution is 1.97. The van der Waals surface area contributed by atoms with E-state index >= 15 is 0 Å². The van der Waals surface area contributed by atoms with Crippen LogP contribution in [0.1, 0.15) is 27.7 Å². The summed E-state index contributed by atoms with van der Waals surface area (Å²) in [6.07, 6.45) is -2.27. The normalized spacial score (nSPS) is 10.7. The summed E-state index contributed by atoms with van der Waals surface area (Å²) < 4.78 is 14.0. The molecule has 26 heavy (non-hydrogen) atoms. The first-order valence-corrected chi connectivity index (χ1v) is 7.62. The molecule has 0 amide bonds. The van der Waals surface area contributed by atoms with Crippen LogP contribution in [0.25, 0.3) is 0 Å². The molecule has 1 atom stereocenters. The molecule has 0 aromatic rings. The van der Waals surface area contributed by atoms with Crippen LogP contribution in [0.4, 0.5) is 0 Å². The molecule has 0 rings (SSSR count). The molecule has 0 spiro atoms. The highest BCUT2D eigenvalue weighted by molar-refractivity contribution is 5.67. The van der Waals surface area contributed by atoms with Crippen LogP contribution in [-0.4, -0.2) is 94.8 Å². The first-order valence-electron chi connectivity index (χ1n) is 7.62. The predicted molar refractivity (Wildman–Crippen MR) is 87.8 cm³/mol. The van der Waals surface area contributed by atoms with Crippen molar-refractivity contribution in [2.24, 2.45) is 0 Å². The fraction of sp³-hybridized carbons (Fsp3) is 0.800. The van der Waals surface area contributed by atoms with Gasteiger partial charge in [0.25, 0.3) is 0 Å². The maximum Gasteiger partial charge on any atom is 0.303 e. The molecule has 0 aliphatic heterocycles. The maximum atomic E-state index is 10.6. The number of hydrogen-bond acceptors (Lipinski definition) is 11. The van der Waals surface area contributed by atoms with Crippen molar-refractivity contribution in [3.05, 3.63) is 0 Å². The minimum atomic E-state index is -0.954. The lowest BCUT2D eigenvalue weighted by atomic mass is 10.4. The monoisotopic (exact) mass is 386 g/mol. The van der Waals surface area contributed by atoms with E-state index in [-0.39, 0.29) is 33.0 Å². The molecule has 11 nitrogen and oxygen atoms in total. The molecule has 0 aliphatic rings. The minimum Gasteiger partial charge on any atom is -0.462 e. The molecule has 0 saturated heterocycles. The Morgan fingerprint density at radius 1 is 0.769 bits per heavy atom. The molecular weight excluding hydrogens is 356 g/mol. The van der Waals surface area contributed by atoms with Crippen molar-refractivity contribution in [1.82, 2.24) is 0 Å². The SMILES string of the molecule is CC(=O)OCC(COC(C)=O)OC(C)=O.CC(O)CO.OCC(O)CO. The third-order valence-electron chi connectivity index (χ3n) is 1.96. The van der Waals surface area contributed by atoms with Crippen molar-refractivity contribution in [2.45, 2.75) is 46.0 Å². The molecule has 5 N–H and O–H groups in total. The maximum absolute atomic E-state index is 10.6. The summed E-state index contributed by atoms with van der Waals surface area (Å²) in [5.41, 5.74) is 0. The Kier molecular flexibility index (Phi) is 21.8. The van der Waals surface area contributed by atoms with Gasteiger partial charge in [-0.2, -0.15) is 0 Å².